The molecule has 2 saturated heterocycles. The van der Waals surface area contributed by atoms with Gasteiger partial charge in [-0.05, 0) is 18.6 Å². The molecule has 3 heterocycles. The quantitative estimate of drug-likeness (QED) is 0.802. The number of rotatable bonds is 1. The number of para-hydroxylation sites is 2. The number of hydrogen-bond acceptors (Lipinski definition) is 3. The number of ether oxygens (including phenoxy) is 1. The Morgan fingerprint density at radius 1 is 1.04 bits per heavy atom. The molecule has 2 aromatic rings. The van der Waals surface area contributed by atoms with Crippen LogP contribution in [0.2, 0.25) is 0 Å². The molecule has 0 N–H and O–H groups in total. The van der Waals surface area contributed by atoms with Gasteiger partial charge >= 0.3 is 0 Å². The van der Waals surface area contributed by atoms with Gasteiger partial charge < -0.3 is 9.64 Å². The van der Waals surface area contributed by atoms with Crippen LogP contribution < -0.4 is 4.74 Å². The van der Waals surface area contributed by atoms with Crippen molar-refractivity contribution in [3.05, 3.63) is 59.7 Å². The van der Waals surface area contributed by atoms with Gasteiger partial charge in [-0.1, -0.05) is 36.4 Å². The molecule has 3 nitrogen and oxygen atoms in total. The summed E-state index contributed by atoms with van der Waals surface area (Å²) in [4.78, 5) is 15.5. The van der Waals surface area contributed by atoms with Crippen LogP contribution in [0.3, 0.4) is 0 Å². The van der Waals surface area contributed by atoms with Gasteiger partial charge in [0.25, 0.3) is 0 Å². The van der Waals surface area contributed by atoms with Gasteiger partial charge in [0.05, 0.1) is 5.92 Å². The van der Waals surface area contributed by atoms with E-state index in [1.54, 1.807) is 0 Å². The molecular formula is C19H17NO2S. The monoisotopic (exact) mass is 323 g/mol. The third kappa shape index (κ3) is 2.01. The van der Waals surface area contributed by atoms with Crippen LogP contribution in [0.5, 0.6) is 11.5 Å². The van der Waals surface area contributed by atoms with Crippen molar-refractivity contribution in [1.29, 1.82) is 0 Å². The first-order chi connectivity index (χ1) is 11.3. The first-order valence-corrected chi connectivity index (χ1v) is 9.14. The largest absolute Gasteiger partial charge is 0.457 e. The van der Waals surface area contributed by atoms with Crippen LogP contribution in [0.15, 0.2) is 48.5 Å². The average molecular weight is 323 g/mol. The fourth-order valence-corrected chi connectivity index (χ4v) is 5.45. The Morgan fingerprint density at radius 3 is 2.26 bits per heavy atom. The number of nitrogens with zero attached hydrogens (tertiary/aromatic N) is 1. The van der Waals surface area contributed by atoms with Crippen molar-refractivity contribution >= 4 is 17.7 Å². The lowest BCUT2D eigenvalue weighted by Gasteiger charge is -2.34. The van der Waals surface area contributed by atoms with E-state index in [2.05, 4.69) is 4.90 Å². The third-order valence-corrected chi connectivity index (χ3v) is 6.50. The average Bonchev–Trinajstić information content (AvgIpc) is 3.22. The Morgan fingerprint density at radius 2 is 1.70 bits per heavy atom. The minimum absolute atomic E-state index is 0.236. The van der Waals surface area contributed by atoms with Crippen LogP contribution in [-0.4, -0.2) is 34.4 Å². The lowest BCUT2D eigenvalue weighted by atomic mass is 9.86. The molecule has 116 valence electrons. The minimum atomic E-state index is -0.236. The third-order valence-electron chi connectivity index (χ3n) is 5.11. The van der Waals surface area contributed by atoms with Crippen LogP contribution in [0.1, 0.15) is 23.5 Å². The first kappa shape index (κ1) is 13.5. The molecule has 3 aliphatic rings. The normalized spacial score (nSPS) is 25.0. The maximum Gasteiger partial charge on any atom is 0.235 e. The molecule has 0 aliphatic carbocycles. The molecule has 2 atom stereocenters. The van der Waals surface area contributed by atoms with E-state index in [4.69, 9.17) is 4.74 Å². The van der Waals surface area contributed by atoms with E-state index in [0.717, 1.165) is 41.3 Å². The van der Waals surface area contributed by atoms with Crippen molar-refractivity contribution < 1.29 is 9.53 Å². The molecule has 0 aromatic heterocycles. The Bertz CT molecular complexity index is 745. The van der Waals surface area contributed by atoms with Crippen molar-refractivity contribution in [3.8, 4) is 11.5 Å². The minimum Gasteiger partial charge on any atom is -0.457 e. The van der Waals surface area contributed by atoms with Gasteiger partial charge in [0.15, 0.2) is 0 Å². The van der Waals surface area contributed by atoms with E-state index in [9.17, 15) is 4.79 Å². The van der Waals surface area contributed by atoms with Crippen LogP contribution in [0, 0.1) is 0 Å². The molecule has 1 amide bonds. The van der Waals surface area contributed by atoms with Gasteiger partial charge in [0.1, 0.15) is 11.5 Å². The van der Waals surface area contributed by atoms with Crippen LogP contribution in [0.4, 0.5) is 0 Å². The number of carbonyl (C=O) groups excluding carboxylic acids is 1. The Hall–Kier alpha value is -1.94. The van der Waals surface area contributed by atoms with Gasteiger partial charge in [-0.15, -0.1) is 0 Å². The lowest BCUT2D eigenvalue weighted by molar-refractivity contribution is -0.132. The molecule has 2 aromatic carbocycles. The van der Waals surface area contributed by atoms with Crippen molar-refractivity contribution in [3.63, 3.8) is 0 Å². The first-order valence-electron chi connectivity index (χ1n) is 8.09. The summed E-state index contributed by atoms with van der Waals surface area (Å²) in [5.74, 6) is 2.70. The molecule has 2 unspecified atom stereocenters. The highest BCUT2D eigenvalue weighted by molar-refractivity contribution is 8.00. The van der Waals surface area contributed by atoms with E-state index in [0.29, 0.717) is 11.3 Å². The fourth-order valence-electron chi connectivity index (χ4n) is 4.01. The van der Waals surface area contributed by atoms with E-state index in [1.165, 1.54) is 0 Å². The smallest absolute Gasteiger partial charge is 0.235 e. The van der Waals surface area contributed by atoms with Gasteiger partial charge in [-0.25, -0.2) is 0 Å². The van der Waals surface area contributed by atoms with E-state index < -0.39 is 0 Å². The zero-order chi connectivity index (χ0) is 15.4. The zero-order valence-electron chi connectivity index (χ0n) is 12.6. The van der Waals surface area contributed by atoms with E-state index in [1.807, 2.05) is 60.3 Å². The standard InChI is InChI=1S/C19H17NO2S/c21-19(20-10-13-9-12(20)11-23-13)18-14-5-1-3-7-16(14)22-17-8-4-2-6-15(17)18/h1-8,12-13,18H,9-11H2. The predicted molar refractivity (Wildman–Crippen MR) is 91.2 cm³/mol. The molecule has 2 bridgehead atoms. The lowest BCUT2D eigenvalue weighted by Crippen LogP contribution is -2.42. The summed E-state index contributed by atoms with van der Waals surface area (Å²) in [5, 5.41) is 0.634. The van der Waals surface area contributed by atoms with Crippen LogP contribution in [-0.2, 0) is 4.79 Å². The predicted octanol–water partition coefficient (Wildman–Crippen LogP) is 3.64. The highest BCUT2D eigenvalue weighted by Gasteiger charge is 2.44. The second kappa shape index (κ2) is 5.03. The highest BCUT2D eigenvalue weighted by Crippen LogP contribution is 2.46. The number of hydrogen-bond donors (Lipinski definition) is 0. The maximum absolute atomic E-state index is 13.4. The van der Waals surface area contributed by atoms with Crippen molar-refractivity contribution in [2.24, 2.45) is 0 Å². The molecule has 23 heavy (non-hydrogen) atoms. The summed E-state index contributed by atoms with van der Waals surface area (Å²) >= 11 is 2.01. The summed E-state index contributed by atoms with van der Waals surface area (Å²) in [6.07, 6.45) is 1.16. The van der Waals surface area contributed by atoms with E-state index >= 15 is 0 Å². The summed E-state index contributed by atoms with van der Waals surface area (Å²) < 4.78 is 6.01. The van der Waals surface area contributed by atoms with Gasteiger partial charge in [-0.3, -0.25) is 4.79 Å². The second-order valence-corrected chi connectivity index (χ2v) is 7.78. The molecular weight excluding hydrogens is 306 g/mol. The molecule has 0 spiro atoms. The van der Waals surface area contributed by atoms with Crippen LogP contribution in [0.25, 0.3) is 0 Å². The molecule has 0 saturated carbocycles. The Kier molecular flexibility index (Phi) is 2.95. The molecule has 5 rings (SSSR count). The van der Waals surface area contributed by atoms with Gasteiger partial charge in [0, 0.05) is 34.7 Å². The zero-order valence-corrected chi connectivity index (χ0v) is 13.5. The summed E-state index contributed by atoms with van der Waals surface area (Å²) in [7, 11) is 0. The molecule has 2 fully saturated rings. The number of carbonyl (C=O) groups is 1. The van der Waals surface area contributed by atoms with Crippen molar-refractivity contribution in [2.75, 3.05) is 12.3 Å². The summed E-state index contributed by atoms with van der Waals surface area (Å²) in [5.41, 5.74) is 1.98. The SMILES string of the molecule is O=C(C1c2ccccc2Oc2ccccc21)N1CC2CC1CS2. The Balaban J connectivity index is 1.60. The molecule has 0 radical (unpaired) electrons. The van der Waals surface area contributed by atoms with Gasteiger partial charge in [0.2, 0.25) is 5.91 Å². The second-order valence-electron chi connectivity index (χ2n) is 6.45. The number of amides is 1. The number of fused-ring (bicyclic) bond motifs is 4. The summed E-state index contributed by atoms with van der Waals surface area (Å²) in [6, 6.07) is 16.3. The van der Waals surface area contributed by atoms with Crippen LogP contribution >= 0.6 is 11.8 Å². The van der Waals surface area contributed by atoms with E-state index in [-0.39, 0.29) is 11.8 Å². The van der Waals surface area contributed by atoms with Crippen molar-refractivity contribution in [1.82, 2.24) is 4.90 Å². The highest BCUT2D eigenvalue weighted by atomic mass is 32.2. The topological polar surface area (TPSA) is 29.5 Å². The van der Waals surface area contributed by atoms with Crippen molar-refractivity contribution in [2.45, 2.75) is 23.6 Å². The number of benzene rings is 2. The molecule has 3 aliphatic heterocycles. The molecule has 4 heteroatoms. The fraction of sp³-hybridized carbons (Fsp3) is 0.316. The Labute approximate surface area is 139 Å². The number of likely N-dealkylation sites (tertiary alicyclic amines) is 1. The number of thioether (sulfide) groups is 1. The summed E-state index contributed by atoms with van der Waals surface area (Å²) in [6.45, 7) is 0.899. The van der Waals surface area contributed by atoms with Gasteiger partial charge in [-0.2, -0.15) is 11.8 Å². The maximum atomic E-state index is 13.4.